The van der Waals surface area contributed by atoms with Crippen LogP contribution in [-0.2, 0) is 28.6 Å². The maximum Gasteiger partial charge on any atom is 0.306 e. The van der Waals surface area contributed by atoms with Crippen molar-refractivity contribution in [3.05, 3.63) is 60.8 Å². The highest BCUT2D eigenvalue weighted by molar-refractivity contribution is 5.71. The molecular weight excluding hydrogens is 877 g/mol. The zero-order valence-corrected chi connectivity index (χ0v) is 47.2. The predicted molar refractivity (Wildman–Crippen MR) is 307 cm³/mol. The number of carbonyl (C=O) groups excluding carboxylic acids is 3. The molecule has 0 amide bonds. The molecule has 0 saturated heterocycles. The lowest BCUT2D eigenvalue weighted by atomic mass is 10.1. The number of carbonyl (C=O) groups is 3. The Bertz CT molecular complexity index is 1280. The van der Waals surface area contributed by atoms with Gasteiger partial charge in [-0.05, 0) is 103 Å². The first kappa shape index (κ1) is 68.1. The van der Waals surface area contributed by atoms with E-state index in [0.29, 0.717) is 19.3 Å². The van der Waals surface area contributed by atoms with Gasteiger partial charge in [-0.25, -0.2) is 0 Å². The van der Waals surface area contributed by atoms with Crippen LogP contribution >= 0.6 is 0 Å². The van der Waals surface area contributed by atoms with Crippen LogP contribution in [0, 0.1) is 0 Å². The van der Waals surface area contributed by atoms with Gasteiger partial charge in [-0.15, -0.1) is 0 Å². The van der Waals surface area contributed by atoms with Crippen molar-refractivity contribution in [3.63, 3.8) is 0 Å². The summed E-state index contributed by atoms with van der Waals surface area (Å²) in [6, 6.07) is 0. The van der Waals surface area contributed by atoms with Gasteiger partial charge in [0.15, 0.2) is 6.10 Å². The van der Waals surface area contributed by atoms with E-state index in [-0.39, 0.29) is 31.1 Å². The fourth-order valence-electron chi connectivity index (χ4n) is 8.80. The van der Waals surface area contributed by atoms with Gasteiger partial charge in [-0.2, -0.15) is 0 Å². The van der Waals surface area contributed by atoms with Crippen LogP contribution in [0.1, 0.15) is 316 Å². The highest BCUT2D eigenvalue weighted by Gasteiger charge is 2.19. The van der Waals surface area contributed by atoms with Crippen molar-refractivity contribution in [3.8, 4) is 0 Å². The van der Waals surface area contributed by atoms with E-state index < -0.39 is 6.10 Å². The lowest BCUT2D eigenvalue weighted by Gasteiger charge is -2.18. The quantitative estimate of drug-likeness (QED) is 0.0261. The van der Waals surface area contributed by atoms with Crippen LogP contribution in [0.15, 0.2) is 60.8 Å². The minimum atomic E-state index is -0.781. The first-order valence-corrected chi connectivity index (χ1v) is 30.8. The van der Waals surface area contributed by atoms with Crippen molar-refractivity contribution in [1.82, 2.24) is 0 Å². The molecular formula is C65H116O6. The molecule has 0 aliphatic rings. The number of hydrogen-bond donors (Lipinski definition) is 0. The maximum atomic E-state index is 12.9. The van der Waals surface area contributed by atoms with Crippen LogP contribution in [0.5, 0.6) is 0 Å². The van der Waals surface area contributed by atoms with Gasteiger partial charge in [0.05, 0.1) is 0 Å². The third-order valence-corrected chi connectivity index (χ3v) is 13.4. The SMILES string of the molecule is CCC/C=C\CCCCCCCC(=O)OCC(COC(=O)CCCCCCCCCCCC/C=C\C/C=C\C/C=C\CCCCCCC)OC(=O)CCCCCCCCC/C=C\CCCCCCCCC. The molecule has 1 atom stereocenters. The molecule has 0 aromatic carbocycles. The van der Waals surface area contributed by atoms with E-state index in [1.807, 2.05) is 0 Å². The minimum Gasteiger partial charge on any atom is -0.462 e. The van der Waals surface area contributed by atoms with Gasteiger partial charge >= 0.3 is 17.9 Å². The Hall–Kier alpha value is -2.89. The molecule has 0 aromatic rings. The van der Waals surface area contributed by atoms with Gasteiger partial charge in [-0.1, -0.05) is 255 Å². The molecule has 1 unspecified atom stereocenters. The van der Waals surface area contributed by atoms with E-state index in [1.54, 1.807) is 0 Å². The zero-order valence-electron chi connectivity index (χ0n) is 47.2. The van der Waals surface area contributed by atoms with Crippen molar-refractivity contribution in [1.29, 1.82) is 0 Å². The molecule has 0 rings (SSSR count). The highest BCUT2D eigenvalue weighted by atomic mass is 16.6. The molecule has 0 spiro atoms. The van der Waals surface area contributed by atoms with Crippen LogP contribution in [0.25, 0.3) is 0 Å². The number of esters is 3. The van der Waals surface area contributed by atoms with Crippen LogP contribution in [-0.4, -0.2) is 37.2 Å². The van der Waals surface area contributed by atoms with Gasteiger partial charge < -0.3 is 14.2 Å². The minimum absolute atomic E-state index is 0.0794. The van der Waals surface area contributed by atoms with Crippen LogP contribution < -0.4 is 0 Å². The number of unbranched alkanes of at least 4 members (excludes halogenated alkanes) is 35. The molecule has 0 saturated carbocycles. The van der Waals surface area contributed by atoms with Crippen LogP contribution in [0.4, 0.5) is 0 Å². The van der Waals surface area contributed by atoms with E-state index in [2.05, 4.69) is 81.5 Å². The monoisotopic (exact) mass is 993 g/mol. The van der Waals surface area contributed by atoms with Gasteiger partial charge in [0.1, 0.15) is 13.2 Å². The van der Waals surface area contributed by atoms with Gasteiger partial charge in [0.25, 0.3) is 0 Å². The number of hydrogen-bond acceptors (Lipinski definition) is 6. The Kier molecular flexibility index (Phi) is 57.2. The molecule has 0 radical (unpaired) electrons. The summed E-state index contributed by atoms with van der Waals surface area (Å²) in [5.74, 6) is -0.886. The summed E-state index contributed by atoms with van der Waals surface area (Å²) in [7, 11) is 0. The Morgan fingerprint density at radius 3 is 0.859 bits per heavy atom. The summed E-state index contributed by atoms with van der Waals surface area (Å²) in [5, 5.41) is 0. The predicted octanol–water partition coefficient (Wildman–Crippen LogP) is 20.8. The topological polar surface area (TPSA) is 78.9 Å². The largest absolute Gasteiger partial charge is 0.462 e. The second-order valence-electron chi connectivity index (χ2n) is 20.6. The van der Waals surface area contributed by atoms with E-state index in [4.69, 9.17) is 14.2 Å². The van der Waals surface area contributed by atoms with Crippen LogP contribution in [0.2, 0.25) is 0 Å². The van der Waals surface area contributed by atoms with Crippen molar-refractivity contribution >= 4 is 17.9 Å². The van der Waals surface area contributed by atoms with E-state index in [1.165, 1.54) is 193 Å². The summed E-state index contributed by atoms with van der Waals surface area (Å²) < 4.78 is 16.9. The lowest BCUT2D eigenvalue weighted by molar-refractivity contribution is -0.167. The first-order chi connectivity index (χ1) is 35.0. The summed E-state index contributed by atoms with van der Waals surface area (Å²) in [6.07, 6.45) is 75.1. The number of ether oxygens (including phenoxy) is 3. The molecule has 6 nitrogen and oxygen atoms in total. The Morgan fingerprint density at radius 1 is 0.282 bits per heavy atom. The fraction of sp³-hybridized carbons (Fsp3) is 0.800. The maximum absolute atomic E-state index is 12.9. The van der Waals surface area contributed by atoms with Crippen molar-refractivity contribution in [2.24, 2.45) is 0 Å². The average molecular weight is 994 g/mol. The third-order valence-electron chi connectivity index (χ3n) is 13.4. The molecule has 0 heterocycles. The summed E-state index contributed by atoms with van der Waals surface area (Å²) in [6.45, 7) is 6.58. The standard InChI is InChI=1S/C65H116O6/c1-4-7-10-13-16-19-22-24-26-28-30-31-32-33-34-35-36-38-39-41-43-46-49-52-55-58-64(67)70-61-62(60-69-63(66)57-54-51-48-45-21-18-15-12-9-6-3)71-65(68)59-56-53-50-47-44-42-40-37-29-27-25-23-20-17-14-11-8-5-2/h12,15,22,24,27-30,32-33,62H,4-11,13-14,16-21,23,25-26,31,34-61H2,1-3H3/b15-12-,24-22-,29-27-,30-28-,33-32-. The molecule has 0 aliphatic heterocycles. The van der Waals surface area contributed by atoms with Crippen molar-refractivity contribution in [2.45, 2.75) is 322 Å². The van der Waals surface area contributed by atoms with Crippen LogP contribution in [0.3, 0.4) is 0 Å². The Balaban J connectivity index is 4.25. The van der Waals surface area contributed by atoms with E-state index >= 15 is 0 Å². The normalized spacial score (nSPS) is 12.4. The van der Waals surface area contributed by atoms with Gasteiger partial charge in [-0.3, -0.25) is 14.4 Å². The molecule has 412 valence electrons. The smallest absolute Gasteiger partial charge is 0.306 e. The molecule has 0 N–H and O–H groups in total. The number of allylic oxidation sites excluding steroid dienone is 10. The van der Waals surface area contributed by atoms with Crippen molar-refractivity contribution < 1.29 is 28.6 Å². The average Bonchev–Trinajstić information content (AvgIpc) is 3.37. The Labute approximate surface area is 440 Å². The number of rotatable bonds is 56. The third kappa shape index (κ3) is 57.9. The van der Waals surface area contributed by atoms with E-state index in [9.17, 15) is 14.4 Å². The zero-order chi connectivity index (χ0) is 51.4. The van der Waals surface area contributed by atoms with Gasteiger partial charge in [0, 0.05) is 19.3 Å². The first-order valence-electron chi connectivity index (χ1n) is 30.8. The second kappa shape index (κ2) is 59.7. The molecule has 0 bridgehead atoms. The molecule has 0 aliphatic carbocycles. The fourth-order valence-corrected chi connectivity index (χ4v) is 8.80. The molecule has 0 fully saturated rings. The summed E-state index contributed by atoms with van der Waals surface area (Å²) in [4.78, 5) is 38.1. The van der Waals surface area contributed by atoms with Crippen molar-refractivity contribution in [2.75, 3.05) is 13.2 Å². The Morgan fingerprint density at radius 2 is 0.535 bits per heavy atom. The molecule has 71 heavy (non-hydrogen) atoms. The molecule has 0 aromatic heterocycles. The summed E-state index contributed by atoms with van der Waals surface area (Å²) >= 11 is 0. The second-order valence-corrected chi connectivity index (χ2v) is 20.6. The lowest BCUT2D eigenvalue weighted by Crippen LogP contribution is -2.30. The van der Waals surface area contributed by atoms with Gasteiger partial charge in [0.2, 0.25) is 0 Å². The molecule has 6 heteroatoms. The summed E-state index contributed by atoms with van der Waals surface area (Å²) in [5.41, 5.74) is 0. The van der Waals surface area contributed by atoms with E-state index in [0.717, 1.165) is 83.5 Å². The highest BCUT2D eigenvalue weighted by Crippen LogP contribution is 2.16.